The molecule has 1 N–H and O–H groups in total. The summed E-state index contributed by atoms with van der Waals surface area (Å²) in [5, 5.41) is 2.91. The largest absolute Gasteiger partial charge is 0.353 e. The number of H-pyrrole nitrogens is 1. The molecular formula is C15H8BrClN2. The first kappa shape index (κ1) is 11.3. The van der Waals surface area contributed by atoms with Gasteiger partial charge in [-0.05, 0) is 36.4 Å². The number of nitrogens with one attached hydrogen (secondary N) is 1. The minimum atomic E-state index is 0.709. The number of hydrogen-bond donors (Lipinski definition) is 1. The maximum Gasteiger partial charge on any atom is 0.0965 e. The van der Waals surface area contributed by atoms with Crippen molar-refractivity contribution in [1.29, 1.82) is 0 Å². The van der Waals surface area contributed by atoms with Gasteiger partial charge in [0.25, 0.3) is 0 Å². The van der Waals surface area contributed by atoms with Crippen molar-refractivity contribution in [2.24, 2.45) is 0 Å². The smallest absolute Gasteiger partial charge is 0.0965 e. The van der Waals surface area contributed by atoms with E-state index in [4.69, 9.17) is 16.6 Å². The Hall–Kier alpha value is -1.58. The molecule has 0 saturated carbocycles. The molecule has 0 aliphatic rings. The van der Waals surface area contributed by atoms with Crippen molar-refractivity contribution in [3.8, 4) is 0 Å². The first-order valence-corrected chi connectivity index (χ1v) is 7.05. The molecule has 0 aliphatic heterocycles. The fourth-order valence-electron chi connectivity index (χ4n) is 2.41. The van der Waals surface area contributed by atoms with Gasteiger partial charge in [0, 0.05) is 25.8 Å². The number of hydrogen-bond acceptors (Lipinski definition) is 1. The Balaban J connectivity index is 2.21. The highest BCUT2D eigenvalue weighted by Gasteiger charge is 2.08. The first-order valence-electron chi connectivity index (χ1n) is 5.88. The van der Waals surface area contributed by atoms with Crippen LogP contribution in [0.15, 0.2) is 46.9 Å². The van der Waals surface area contributed by atoms with Crippen molar-refractivity contribution < 1.29 is 0 Å². The number of fused-ring (bicyclic) bond motifs is 4. The molecule has 0 spiro atoms. The molecule has 0 fully saturated rings. The van der Waals surface area contributed by atoms with Gasteiger partial charge in [-0.15, -0.1) is 0 Å². The number of benzene rings is 2. The predicted molar refractivity (Wildman–Crippen MR) is 83.8 cm³/mol. The molecule has 0 atom stereocenters. The Bertz CT molecular complexity index is 937. The summed E-state index contributed by atoms with van der Waals surface area (Å²) in [6.45, 7) is 0. The zero-order valence-corrected chi connectivity index (χ0v) is 12.1. The van der Waals surface area contributed by atoms with Crippen molar-refractivity contribution in [3.05, 3.63) is 52.0 Å². The molecule has 0 bridgehead atoms. The Kier molecular flexibility index (Phi) is 2.34. The van der Waals surface area contributed by atoms with Crippen LogP contribution in [0.2, 0.25) is 5.02 Å². The number of aromatic nitrogens is 2. The minimum absolute atomic E-state index is 0.709. The van der Waals surface area contributed by atoms with E-state index in [1.807, 2.05) is 24.3 Å². The lowest BCUT2D eigenvalue weighted by molar-refractivity contribution is 1.49. The van der Waals surface area contributed by atoms with E-state index < -0.39 is 0 Å². The number of halogens is 2. The summed E-state index contributed by atoms with van der Waals surface area (Å²) in [6.07, 6.45) is 0. The third-order valence-corrected chi connectivity index (χ3v) is 4.01. The van der Waals surface area contributed by atoms with Crippen LogP contribution in [-0.4, -0.2) is 9.97 Å². The standard InChI is InChI=1S/C15H8BrClN2/c16-9-2-4-12-11(6-9)15-14(18-12)5-8-1-3-10(17)7-13(8)19-15/h1-7,18H. The molecular weight excluding hydrogens is 324 g/mol. The van der Waals surface area contributed by atoms with E-state index in [0.29, 0.717) is 5.02 Å². The first-order chi connectivity index (χ1) is 9.20. The third-order valence-electron chi connectivity index (χ3n) is 3.29. The molecule has 0 aliphatic carbocycles. The lowest BCUT2D eigenvalue weighted by atomic mass is 10.2. The highest BCUT2D eigenvalue weighted by molar-refractivity contribution is 9.10. The van der Waals surface area contributed by atoms with Crippen LogP contribution < -0.4 is 0 Å². The lowest BCUT2D eigenvalue weighted by Crippen LogP contribution is -1.80. The van der Waals surface area contributed by atoms with E-state index in [-0.39, 0.29) is 0 Å². The van der Waals surface area contributed by atoms with E-state index >= 15 is 0 Å². The highest BCUT2D eigenvalue weighted by atomic mass is 79.9. The molecule has 0 saturated heterocycles. The van der Waals surface area contributed by atoms with E-state index in [0.717, 1.165) is 37.3 Å². The highest BCUT2D eigenvalue weighted by Crippen LogP contribution is 2.29. The van der Waals surface area contributed by atoms with Crippen molar-refractivity contribution in [2.45, 2.75) is 0 Å². The quantitative estimate of drug-likeness (QED) is 0.466. The summed E-state index contributed by atoms with van der Waals surface area (Å²) < 4.78 is 1.05. The summed E-state index contributed by atoms with van der Waals surface area (Å²) in [4.78, 5) is 8.13. The topological polar surface area (TPSA) is 28.7 Å². The van der Waals surface area contributed by atoms with Crippen LogP contribution in [0.3, 0.4) is 0 Å². The summed E-state index contributed by atoms with van der Waals surface area (Å²) >= 11 is 9.53. The van der Waals surface area contributed by atoms with Gasteiger partial charge in [-0.3, -0.25) is 0 Å². The van der Waals surface area contributed by atoms with Gasteiger partial charge >= 0.3 is 0 Å². The van der Waals surface area contributed by atoms with Gasteiger partial charge in [0.2, 0.25) is 0 Å². The predicted octanol–water partition coefficient (Wildman–Crippen LogP) is 5.29. The Labute approximate surface area is 122 Å². The molecule has 4 aromatic rings. The molecule has 0 unspecified atom stereocenters. The van der Waals surface area contributed by atoms with Gasteiger partial charge in [0.15, 0.2) is 0 Å². The average molecular weight is 332 g/mol. The summed E-state index contributed by atoms with van der Waals surface area (Å²) in [5.41, 5.74) is 4.03. The number of rotatable bonds is 0. The summed E-state index contributed by atoms with van der Waals surface area (Å²) in [6, 6.07) is 14.0. The van der Waals surface area contributed by atoms with E-state index in [9.17, 15) is 0 Å². The second-order valence-electron chi connectivity index (χ2n) is 4.54. The van der Waals surface area contributed by atoms with Crippen molar-refractivity contribution >= 4 is 60.4 Å². The average Bonchev–Trinajstić information content (AvgIpc) is 2.73. The van der Waals surface area contributed by atoms with Crippen LogP contribution >= 0.6 is 27.5 Å². The normalized spacial score (nSPS) is 11.7. The second kappa shape index (κ2) is 3.95. The van der Waals surface area contributed by atoms with Gasteiger partial charge in [0.1, 0.15) is 0 Å². The van der Waals surface area contributed by atoms with Gasteiger partial charge in [-0.1, -0.05) is 33.6 Å². The van der Waals surface area contributed by atoms with Crippen LogP contribution in [0.5, 0.6) is 0 Å². The molecule has 19 heavy (non-hydrogen) atoms. The van der Waals surface area contributed by atoms with Gasteiger partial charge in [-0.2, -0.15) is 0 Å². The lowest BCUT2D eigenvalue weighted by Gasteiger charge is -1.98. The summed E-state index contributed by atoms with van der Waals surface area (Å²) in [5.74, 6) is 0. The maximum atomic E-state index is 6.03. The number of aromatic amines is 1. The Morgan fingerprint density at radius 1 is 1.00 bits per heavy atom. The fourth-order valence-corrected chi connectivity index (χ4v) is 2.93. The van der Waals surface area contributed by atoms with E-state index in [1.165, 1.54) is 0 Å². The zero-order chi connectivity index (χ0) is 13.0. The van der Waals surface area contributed by atoms with Crippen molar-refractivity contribution in [3.63, 3.8) is 0 Å². The van der Waals surface area contributed by atoms with E-state index in [1.54, 1.807) is 0 Å². The van der Waals surface area contributed by atoms with Crippen molar-refractivity contribution in [2.75, 3.05) is 0 Å². The van der Waals surface area contributed by atoms with Crippen LogP contribution in [0, 0.1) is 0 Å². The maximum absolute atomic E-state index is 6.03. The molecule has 0 amide bonds. The van der Waals surface area contributed by atoms with Crippen molar-refractivity contribution in [1.82, 2.24) is 9.97 Å². The molecule has 92 valence electrons. The molecule has 2 heterocycles. The van der Waals surface area contributed by atoms with Crippen LogP contribution in [0.1, 0.15) is 0 Å². The molecule has 2 aromatic heterocycles. The van der Waals surface area contributed by atoms with Crippen LogP contribution in [-0.2, 0) is 0 Å². The third kappa shape index (κ3) is 1.73. The Morgan fingerprint density at radius 2 is 1.89 bits per heavy atom. The van der Waals surface area contributed by atoms with Gasteiger partial charge in [-0.25, -0.2) is 4.98 Å². The van der Waals surface area contributed by atoms with Gasteiger partial charge < -0.3 is 4.98 Å². The minimum Gasteiger partial charge on any atom is -0.353 e. The Morgan fingerprint density at radius 3 is 2.79 bits per heavy atom. The molecule has 2 nitrogen and oxygen atoms in total. The number of pyridine rings is 1. The molecule has 4 rings (SSSR count). The van der Waals surface area contributed by atoms with Crippen LogP contribution in [0.4, 0.5) is 0 Å². The SMILES string of the molecule is Clc1ccc2cc3[nH]c4ccc(Br)cc4c3nc2c1. The zero-order valence-electron chi connectivity index (χ0n) is 9.74. The fraction of sp³-hybridized carbons (Fsp3) is 0. The summed E-state index contributed by atoms with van der Waals surface area (Å²) in [7, 11) is 0. The molecule has 4 heteroatoms. The second-order valence-corrected chi connectivity index (χ2v) is 5.89. The molecule has 0 radical (unpaired) electrons. The van der Waals surface area contributed by atoms with Gasteiger partial charge in [0.05, 0.1) is 16.6 Å². The monoisotopic (exact) mass is 330 g/mol. The molecule has 2 aromatic carbocycles. The van der Waals surface area contributed by atoms with E-state index in [2.05, 4.69) is 39.1 Å². The van der Waals surface area contributed by atoms with Crippen LogP contribution in [0.25, 0.3) is 32.8 Å². The number of nitrogens with zero attached hydrogens (tertiary/aromatic N) is 1.